The third-order valence-electron chi connectivity index (χ3n) is 4.15. The molecule has 0 saturated heterocycles. The molecule has 0 aromatic carbocycles. The summed E-state index contributed by atoms with van der Waals surface area (Å²) >= 11 is 0. The van der Waals surface area contributed by atoms with Crippen LogP contribution >= 0.6 is 0 Å². The molecule has 1 aromatic heterocycles. The Morgan fingerprint density at radius 1 is 1.21 bits per heavy atom. The zero-order valence-corrected chi connectivity index (χ0v) is 13.0. The van der Waals surface area contributed by atoms with E-state index in [0.717, 1.165) is 18.7 Å². The van der Waals surface area contributed by atoms with Gasteiger partial charge in [0.2, 0.25) is 0 Å². The van der Waals surface area contributed by atoms with Gasteiger partial charge in [-0.25, -0.2) is 4.98 Å². The van der Waals surface area contributed by atoms with Crippen LogP contribution in [0.3, 0.4) is 0 Å². The number of aryl methyl sites for hydroxylation is 1. The molecular weight excluding hydrogens is 234 g/mol. The monoisotopic (exact) mass is 263 g/mol. The lowest BCUT2D eigenvalue weighted by molar-refractivity contribution is 0.386. The summed E-state index contributed by atoms with van der Waals surface area (Å²) in [6.45, 7) is 8.86. The number of nitrogens with two attached hydrogens (primary N) is 1. The van der Waals surface area contributed by atoms with Crippen molar-refractivity contribution in [2.24, 2.45) is 0 Å². The van der Waals surface area contributed by atoms with Gasteiger partial charge in [-0.05, 0) is 40.0 Å². The summed E-state index contributed by atoms with van der Waals surface area (Å²) in [5, 5.41) is 0. The normalized spacial score (nSPS) is 17.9. The highest BCUT2D eigenvalue weighted by atomic mass is 15.2. The molecule has 0 atom stereocenters. The van der Waals surface area contributed by atoms with Crippen molar-refractivity contribution in [1.29, 1.82) is 0 Å². The predicted octanol–water partition coefficient (Wildman–Crippen LogP) is 4.22. The van der Waals surface area contributed by atoms with Crippen LogP contribution in [0.1, 0.15) is 83.7 Å². The Labute approximate surface area is 117 Å². The lowest BCUT2D eigenvalue weighted by Gasteiger charge is -2.26. The standard InChI is InChI=1S/C16H29N3/c1-5-9-13-18-14(12-10-7-6-8-11-12)15(17)19(13)16(2,3)4/h12H,5-11,17H2,1-4H3. The van der Waals surface area contributed by atoms with Gasteiger partial charge in [-0.15, -0.1) is 0 Å². The number of hydrogen-bond donors (Lipinski definition) is 1. The van der Waals surface area contributed by atoms with Crippen LogP contribution in [0.15, 0.2) is 0 Å². The number of rotatable bonds is 3. The van der Waals surface area contributed by atoms with Crippen molar-refractivity contribution in [3.8, 4) is 0 Å². The molecule has 0 radical (unpaired) electrons. The lowest BCUT2D eigenvalue weighted by atomic mass is 9.87. The first-order chi connectivity index (χ1) is 8.95. The van der Waals surface area contributed by atoms with Gasteiger partial charge in [0.1, 0.15) is 11.6 Å². The van der Waals surface area contributed by atoms with E-state index in [0.29, 0.717) is 5.92 Å². The van der Waals surface area contributed by atoms with Crippen molar-refractivity contribution < 1.29 is 0 Å². The van der Waals surface area contributed by atoms with Gasteiger partial charge in [0.15, 0.2) is 0 Å². The Kier molecular flexibility index (Phi) is 4.22. The molecule has 1 fully saturated rings. The van der Waals surface area contributed by atoms with Crippen molar-refractivity contribution in [3.05, 3.63) is 11.5 Å². The van der Waals surface area contributed by atoms with Gasteiger partial charge < -0.3 is 10.3 Å². The first-order valence-electron chi connectivity index (χ1n) is 7.82. The molecule has 108 valence electrons. The van der Waals surface area contributed by atoms with Crippen LogP contribution < -0.4 is 5.73 Å². The number of imidazole rings is 1. The molecule has 3 nitrogen and oxygen atoms in total. The van der Waals surface area contributed by atoms with Gasteiger partial charge in [-0.3, -0.25) is 0 Å². The third-order valence-corrected chi connectivity index (χ3v) is 4.15. The van der Waals surface area contributed by atoms with Crippen LogP contribution in [-0.4, -0.2) is 9.55 Å². The SMILES string of the molecule is CCCc1nc(C2CCCCC2)c(N)n1C(C)(C)C. The van der Waals surface area contributed by atoms with E-state index >= 15 is 0 Å². The topological polar surface area (TPSA) is 43.8 Å². The number of hydrogen-bond acceptors (Lipinski definition) is 2. The molecule has 0 unspecified atom stereocenters. The van der Waals surface area contributed by atoms with Crippen LogP contribution in [0, 0.1) is 0 Å². The minimum Gasteiger partial charge on any atom is -0.384 e. The van der Waals surface area contributed by atoms with Crippen LogP contribution in [0.2, 0.25) is 0 Å². The van der Waals surface area contributed by atoms with E-state index in [-0.39, 0.29) is 5.54 Å². The number of aromatic nitrogens is 2. The summed E-state index contributed by atoms with van der Waals surface area (Å²) in [5.74, 6) is 2.68. The third kappa shape index (κ3) is 2.96. The second-order valence-corrected chi connectivity index (χ2v) is 6.89. The minimum atomic E-state index is 0.0223. The Balaban J connectivity index is 2.39. The fourth-order valence-corrected chi connectivity index (χ4v) is 3.32. The van der Waals surface area contributed by atoms with Crippen LogP contribution in [-0.2, 0) is 12.0 Å². The maximum Gasteiger partial charge on any atom is 0.127 e. The maximum absolute atomic E-state index is 6.45. The molecule has 0 amide bonds. The lowest BCUT2D eigenvalue weighted by Crippen LogP contribution is -2.26. The van der Waals surface area contributed by atoms with Crippen molar-refractivity contribution >= 4 is 5.82 Å². The molecule has 1 aliphatic carbocycles. The molecule has 0 bridgehead atoms. The zero-order valence-electron chi connectivity index (χ0n) is 13.0. The highest BCUT2D eigenvalue weighted by Gasteiger charge is 2.28. The van der Waals surface area contributed by atoms with E-state index in [9.17, 15) is 0 Å². The van der Waals surface area contributed by atoms with E-state index in [4.69, 9.17) is 10.7 Å². The molecular formula is C16H29N3. The van der Waals surface area contributed by atoms with Crippen LogP contribution in [0.4, 0.5) is 5.82 Å². The number of nitrogen functional groups attached to an aromatic ring is 1. The minimum absolute atomic E-state index is 0.0223. The molecule has 0 spiro atoms. The largest absolute Gasteiger partial charge is 0.384 e. The van der Waals surface area contributed by atoms with Crippen molar-refractivity contribution in [3.63, 3.8) is 0 Å². The summed E-state index contributed by atoms with van der Waals surface area (Å²) < 4.78 is 2.26. The van der Waals surface area contributed by atoms with Crippen molar-refractivity contribution in [1.82, 2.24) is 9.55 Å². The Morgan fingerprint density at radius 3 is 2.37 bits per heavy atom. The molecule has 2 rings (SSSR count). The first-order valence-corrected chi connectivity index (χ1v) is 7.82. The van der Waals surface area contributed by atoms with E-state index in [1.54, 1.807) is 0 Å². The highest BCUT2D eigenvalue weighted by molar-refractivity contribution is 5.42. The first kappa shape index (κ1) is 14.4. The average molecular weight is 263 g/mol. The number of nitrogens with zero attached hydrogens (tertiary/aromatic N) is 2. The number of anilines is 1. The predicted molar refractivity (Wildman–Crippen MR) is 81.5 cm³/mol. The molecule has 1 saturated carbocycles. The fourth-order valence-electron chi connectivity index (χ4n) is 3.32. The zero-order chi connectivity index (χ0) is 14.0. The summed E-state index contributed by atoms with van der Waals surface area (Å²) in [6.07, 6.45) is 8.70. The highest BCUT2D eigenvalue weighted by Crippen LogP contribution is 2.37. The summed E-state index contributed by atoms with van der Waals surface area (Å²) in [5.41, 5.74) is 7.65. The molecule has 1 heterocycles. The molecule has 1 aromatic rings. The van der Waals surface area contributed by atoms with Crippen molar-refractivity contribution in [2.75, 3.05) is 5.73 Å². The molecule has 2 N–H and O–H groups in total. The molecule has 19 heavy (non-hydrogen) atoms. The van der Waals surface area contributed by atoms with Gasteiger partial charge in [-0.1, -0.05) is 26.2 Å². The van der Waals surface area contributed by atoms with Crippen LogP contribution in [0.25, 0.3) is 0 Å². The average Bonchev–Trinajstić information content (AvgIpc) is 2.67. The fraction of sp³-hybridized carbons (Fsp3) is 0.812. The summed E-state index contributed by atoms with van der Waals surface area (Å²) in [6, 6.07) is 0. The van der Waals surface area contributed by atoms with Gasteiger partial charge in [0, 0.05) is 17.9 Å². The molecule has 1 aliphatic rings. The molecule has 0 aliphatic heterocycles. The van der Waals surface area contributed by atoms with Gasteiger partial charge in [-0.2, -0.15) is 0 Å². The van der Waals surface area contributed by atoms with Gasteiger partial charge in [0.05, 0.1) is 5.69 Å². The Hall–Kier alpha value is -0.990. The summed E-state index contributed by atoms with van der Waals surface area (Å²) in [4.78, 5) is 4.93. The van der Waals surface area contributed by atoms with E-state index in [1.807, 2.05) is 0 Å². The van der Waals surface area contributed by atoms with E-state index < -0.39 is 0 Å². The van der Waals surface area contributed by atoms with E-state index in [1.165, 1.54) is 43.6 Å². The quantitative estimate of drug-likeness (QED) is 0.887. The van der Waals surface area contributed by atoms with Gasteiger partial charge in [0.25, 0.3) is 0 Å². The Morgan fingerprint density at radius 2 is 1.84 bits per heavy atom. The Bertz CT molecular complexity index is 420. The summed E-state index contributed by atoms with van der Waals surface area (Å²) in [7, 11) is 0. The second-order valence-electron chi connectivity index (χ2n) is 6.89. The molecule has 3 heteroatoms. The smallest absolute Gasteiger partial charge is 0.127 e. The maximum atomic E-state index is 6.45. The van der Waals surface area contributed by atoms with E-state index in [2.05, 4.69) is 32.3 Å². The van der Waals surface area contributed by atoms with Gasteiger partial charge >= 0.3 is 0 Å². The van der Waals surface area contributed by atoms with Crippen LogP contribution in [0.5, 0.6) is 0 Å². The second kappa shape index (κ2) is 5.56. The van der Waals surface area contributed by atoms with Crippen molar-refractivity contribution in [2.45, 2.75) is 84.1 Å².